The lowest BCUT2D eigenvalue weighted by Crippen LogP contribution is -2.49. The van der Waals surface area contributed by atoms with Crippen LogP contribution in [0.3, 0.4) is 0 Å². The molecule has 0 unspecified atom stereocenters. The summed E-state index contributed by atoms with van der Waals surface area (Å²) in [5, 5.41) is 0. The molecule has 2 amide bonds. The van der Waals surface area contributed by atoms with Gasteiger partial charge in [0.1, 0.15) is 5.82 Å². The quantitative estimate of drug-likeness (QED) is 0.283. The average molecular weight is 552 g/mol. The Balaban J connectivity index is 1.29. The van der Waals surface area contributed by atoms with E-state index in [1.165, 1.54) is 34.6 Å². The highest BCUT2D eigenvalue weighted by atomic mass is 32.2. The molecule has 1 saturated heterocycles. The molecule has 1 fully saturated rings. The smallest absolute Gasteiger partial charge is 0.259 e. The predicted octanol–water partition coefficient (Wildman–Crippen LogP) is 6.72. The summed E-state index contributed by atoms with van der Waals surface area (Å²) in [4.78, 5) is 35.0. The van der Waals surface area contributed by atoms with Crippen molar-refractivity contribution in [3.05, 3.63) is 119 Å². The Bertz CT molecular complexity index is 1610. The van der Waals surface area contributed by atoms with Crippen molar-refractivity contribution in [3.63, 3.8) is 0 Å². The molecule has 2 heterocycles. The van der Waals surface area contributed by atoms with E-state index in [4.69, 9.17) is 0 Å². The first-order chi connectivity index (χ1) is 19.4. The van der Waals surface area contributed by atoms with E-state index >= 15 is 0 Å². The first-order valence-corrected chi connectivity index (χ1v) is 14.3. The van der Waals surface area contributed by atoms with Crippen LogP contribution in [0.25, 0.3) is 0 Å². The highest BCUT2D eigenvalue weighted by Crippen LogP contribution is 2.42. The third-order valence-corrected chi connectivity index (χ3v) is 8.78. The van der Waals surface area contributed by atoms with Crippen LogP contribution in [-0.4, -0.2) is 42.9 Å². The zero-order valence-corrected chi connectivity index (χ0v) is 23.4. The largest absolute Gasteiger partial charge is 0.368 e. The standard InChI is InChI=1S/C33H30FN3O2S/c1-22-11-12-23(2)28(19-22)35-15-17-36(18-16-35)32(38)24-13-14-31-29(20-24)37(21-25-7-3-5-9-27(25)34)33(39)26-8-4-6-10-30(26)40-31/h3-14,19-20H,15-18,21H2,1-2H3. The van der Waals surface area contributed by atoms with Gasteiger partial charge in [0.15, 0.2) is 0 Å². The third-order valence-electron chi connectivity index (χ3n) is 7.64. The minimum atomic E-state index is -0.365. The van der Waals surface area contributed by atoms with Crippen LogP contribution in [0.15, 0.2) is 94.7 Å². The second-order valence-corrected chi connectivity index (χ2v) is 11.4. The van der Waals surface area contributed by atoms with Gasteiger partial charge in [-0.3, -0.25) is 9.59 Å². The lowest BCUT2D eigenvalue weighted by atomic mass is 10.1. The Labute approximate surface area is 238 Å². The maximum Gasteiger partial charge on any atom is 0.259 e. The fourth-order valence-electron chi connectivity index (χ4n) is 5.40. The van der Waals surface area contributed by atoms with Crippen molar-refractivity contribution >= 4 is 35.0 Å². The summed E-state index contributed by atoms with van der Waals surface area (Å²) < 4.78 is 14.7. The number of halogens is 1. The van der Waals surface area contributed by atoms with Gasteiger partial charge in [0.2, 0.25) is 0 Å². The van der Waals surface area contributed by atoms with Crippen molar-refractivity contribution in [1.29, 1.82) is 0 Å². The van der Waals surface area contributed by atoms with Gasteiger partial charge in [0.25, 0.3) is 11.8 Å². The fourth-order valence-corrected chi connectivity index (χ4v) is 6.46. The van der Waals surface area contributed by atoms with Gasteiger partial charge in [0, 0.05) is 52.8 Å². The molecule has 0 saturated carbocycles. The molecule has 2 aliphatic rings. The molecule has 0 aromatic heterocycles. The maximum atomic E-state index is 14.7. The van der Waals surface area contributed by atoms with Crippen molar-refractivity contribution in [2.75, 3.05) is 36.0 Å². The molecule has 0 atom stereocenters. The Morgan fingerprint density at radius 2 is 1.57 bits per heavy atom. The summed E-state index contributed by atoms with van der Waals surface area (Å²) in [6, 6.07) is 26.0. The zero-order valence-electron chi connectivity index (χ0n) is 22.6. The number of amides is 2. The van der Waals surface area contributed by atoms with Crippen molar-refractivity contribution in [2.24, 2.45) is 0 Å². The van der Waals surface area contributed by atoms with Crippen LogP contribution in [0, 0.1) is 19.7 Å². The number of nitrogens with zero attached hydrogens (tertiary/aromatic N) is 3. The predicted molar refractivity (Wildman–Crippen MR) is 158 cm³/mol. The van der Waals surface area contributed by atoms with E-state index < -0.39 is 0 Å². The summed E-state index contributed by atoms with van der Waals surface area (Å²) in [5.74, 6) is -0.638. The molecule has 0 bridgehead atoms. The SMILES string of the molecule is Cc1ccc(C)c(N2CCN(C(=O)c3ccc4c(c3)N(Cc3ccccc3F)C(=O)c3ccccc3S4)CC2)c1. The second kappa shape index (κ2) is 10.8. The van der Waals surface area contributed by atoms with Crippen LogP contribution < -0.4 is 9.80 Å². The van der Waals surface area contributed by atoms with E-state index in [-0.39, 0.29) is 24.2 Å². The van der Waals surface area contributed by atoms with Crippen molar-refractivity contribution in [2.45, 2.75) is 30.2 Å². The molecule has 4 aromatic rings. The lowest BCUT2D eigenvalue weighted by molar-refractivity contribution is 0.0746. The fraction of sp³-hybridized carbons (Fsp3) is 0.212. The molecule has 0 radical (unpaired) electrons. The highest BCUT2D eigenvalue weighted by molar-refractivity contribution is 7.99. The maximum absolute atomic E-state index is 14.7. The van der Waals surface area contributed by atoms with Crippen LogP contribution in [0.2, 0.25) is 0 Å². The molecule has 5 nitrogen and oxygen atoms in total. The summed E-state index contributed by atoms with van der Waals surface area (Å²) in [5.41, 5.74) is 5.80. The third kappa shape index (κ3) is 4.97. The number of hydrogen-bond acceptors (Lipinski definition) is 4. The van der Waals surface area contributed by atoms with E-state index in [1.807, 2.05) is 35.2 Å². The van der Waals surface area contributed by atoms with E-state index in [0.717, 1.165) is 22.9 Å². The molecule has 4 aromatic carbocycles. The molecule has 7 heteroatoms. The minimum absolute atomic E-state index is 0.0616. The average Bonchev–Trinajstić information content (AvgIpc) is 3.09. The second-order valence-electron chi connectivity index (χ2n) is 10.3. The molecule has 202 valence electrons. The normalized spacial score (nSPS) is 15.0. The number of anilines is 2. The van der Waals surface area contributed by atoms with Gasteiger partial charge in [-0.2, -0.15) is 0 Å². The van der Waals surface area contributed by atoms with Gasteiger partial charge >= 0.3 is 0 Å². The number of fused-ring (bicyclic) bond motifs is 2. The number of carbonyl (C=O) groups excluding carboxylic acids is 2. The molecule has 2 aliphatic heterocycles. The number of aryl methyl sites for hydroxylation is 2. The summed E-state index contributed by atoms with van der Waals surface area (Å²) in [6.45, 7) is 7.01. The Morgan fingerprint density at radius 1 is 0.825 bits per heavy atom. The van der Waals surface area contributed by atoms with Crippen molar-refractivity contribution < 1.29 is 14.0 Å². The highest BCUT2D eigenvalue weighted by Gasteiger charge is 2.30. The summed E-state index contributed by atoms with van der Waals surface area (Å²) in [6.07, 6.45) is 0. The number of rotatable bonds is 4. The summed E-state index contributed by atoms with van der Waals surface area (Å²) in [7, 11) is 0. The van der Waals surface area contributed by atoms with Gasteiger partial charge in [-0.05, 0) is 67.4 Å². The monoisotopic (exact) mass is 551 g/mol. The van der Waals surface area contributed by atoms with E-state index in [1.54, 1.807) is 35.2 Å². The summed E-state index contributed by atoms with van der Waals surface area (Å²) >= 11 is 1.49. The molecule has 0 aliphatic carbocycles. The van der Waals surface area contributed by atoms with Gasteiger partial charge in [-0.25, -0.2) is 4.39 Å². The molecular weight excluding hydrogens is 521 g/mol. The lowest BCUT2D eigenvalue weighted by Gasteiger charge is -2.37. The van der Waals surface area contributed by atoms with Crippen LogP contribution in [-0.2, 0) is 6.54 Å². The number of hydrogen-bond donors (Lipinski definition) is 0. The molecule has 0 N–H and O–H groups in total. The minimum Gasteiger partial charge on any atom is -0.368 e. The number of carbonyl (C=O) groups is 2. The van der Waals surface area contributed by atoms with Crippen molar-refractivity contribution in [1.82, 2.24) is 4.90 Å². The Morgan fingerprint density at radius 3 is 2.38 bits per heavy atom. The number of piperazine rings is 1. The Hall–Kier alpha value is -4.10. The number of benzene rings is 4. The zero-order chi connectivity index (χ0) is 27.8. The first-order valence-electron chi connectivity index (χ1n) is 13.5. The van der Waals surface area contributed by atoms with Gasteiger partial charge in [-0.1, -0.05) is 54.2 Å². The van der Waals surface area contributed by atoms with Crippen LogP contribution >= 0.6 is 11.8 Å². The van der Waals surface area contributed by atoms with Gasteiger partial charge in [-0.15, -0.1) is 0 Å². The molecule has 40 heavy (non-hydrogen) atoms. The Kier molecular flexibility index (Phi) is 7.07. The van der Waals surface area contributed by atoms with Gasteiger partial charge < -0.3 is 14.7 Å². The topological polar surface area (TPSA) is 43.9 Å². The first kappa shape index (κ1) is 26.1. The van der Waals surface area contributed by atoms with Gasteiger partial charge in [0.05, 0.1) is 17.8 Å². The van der Waals surface area contributed by atoms with Crippen LogP contribution in [0.5, 0.6) is 0 Å². The van der Waals surface area contributed by atoms with E-state index in [2.05, 4.69) is 36.9 Å². The van der Waals surface area contributed by atoms with Crippen LogP contribution in [0.1, 0.15) is 37.4 Å². The van der Waals surface area contributed by atoms with E-state index in [9.17, 15) is 14.0 Å². The molecule has 6 rings (SSSR count). The molecule has 0 spiro atoms. The molecular formula is C33H30FN3O2S. The van der Waals surface area contributed by atoms with Crippen molar-refractivity contribution in [3.8, 4) is 0 Å². The van der Waals surface area contributed by atoms with E-state index in [0.29, 0.717) is 35.5 Å². The van der Waals surface area contributed by atoms with Crippen LogP contribution in [0.4, 0.5) is 15.8 Å².